The standard InChI is InChI=1S/C19H29N3O4S/c1-19(2,21-9-3-4-10-21)15-20-18(23)16-5-7-17(8-6-16)27(24,25)22-11-13-26-14-12-22/h5-8H,3-4,9-15H2,1-2H3,(H,20,23). The molecule has 1 amide bonds. The van der Waals surface area contributed by atoms with Gasteiger partial charge in [-0.05, 0) is 64.0 Å². The Labute approximate surface area is 161 Å². The summed E-state index contributed by atoms with van der Waals surface area (Å²) in [5.74, 6) is -0.183. The number of ether oxygens (including phenoxy) is 1. The van der Waals surface area contributed by atoms with Gasteiger partial charge in [-0.15, -0.1) is 0 Å². The molecule has 8 heteroatoms. The smallest absolute Gasteiger partial charge is 0.251 e. The predicted molar refractivity (Wildman–Crippen MR) is 103 cm³/mol. The molecule has 0 aromatic heterocycles. The van der Waals surface area contributed by atoms with Crippen molar-refractivity contribution in [2.75, 3.05) is 45.9 Å². The van der Waals surface area contributed by atoms with E-state index in [-0.39, 0.29) is 16.3 Å². The Hall–Kier alpha value is -1.48. The number of carbonyl (C=O) groups is 1. The fourth-order valence-corrected chi connectivity index (χ4v) is 4.96. The minimum atomic E-state index is -3.54. The van der Waals surface area contributed by atoms with E-state index in [1.807, 2.05) is 0 Å². The summed E-state index contributed by atoms with van der Waals surface area (Å²) >= 11 is 0. The van der Waals surface area contributed by atoms with Crippen LogP contribution in [0.5, 0.6) is 0 Å². The van der Waals surface area contributed by atoms with Gasteiger partial charge in [0.05, 0.1) is 18.1 Å². The molecule has 1 aromatic rings. The number of benzene rings is 1. The Morgan fingerprint density at radius 1 is 1.07 bits per heavy atom. The minimum Gasteiger partial charge on any atom is -0.379 e. The van der Waals surface area contributed by atoms with Gasteiger partial charge >= 0.3 is 0 Å². The molecule has 0 spiro atoms. The molecule has 2 aliphatic heterocycles. The van der Waals surface area contributed by atoms with Crippen LogP contribution in [-0.4, -0.2) is 75.0 Å². The lowest BCUT2D eigenvalue weighted by atomic mass is 10.0. The van der Waals surface area contributed by atoms with Gasteiger partial charge in [0.15, 0.2) is 0 Å². The van der Waals surface area contributed by atoms with Gasteiger partial charge in [-0.2, -0.15) is 4.31 Å². The van der Waals surface area contributed by atoms with Crippen molar-refractivity contribution < 1.29 is 17.9 Å². The third kappa shape index (κ3) is 4.68. The summed E-state index contributed by atoms with van der Waals surface area (Å²) in [4.78, 5) is 15.1. The van der Waals surface area contributed by atoms with Crippen LogP contribution in [-0.2, 0) is 14.8 Å². The van der Waals surface area contributed by atoms with Crippen molar-refractivity contribution in [1.29, 1.82) is 0 Å². The third-order valence-corrected chi connectivity index (χ3v) is 7.28. The molecule has 27 heavy (non-hydrogen) atoms. The number of carbonyl (C=O) groups excluding carboxylic acids is 1. The topological polar surface area (TPSA) is 79.0 Å². The fraction of sp³-hybridized carbons (Fsp3) is 0.632. The molecule has 3 rings (SSSR count). The summed E-state index contributed by atoms with van der Waals surface area (Å²) in [6.07, 6.45) is 2.41. The van der Waals surface area contributed by atoms with E-state index in [4.69, 9.17) is 4.74 Å². The number of hydrogen-bond acceptors (Lipinski definition) is 5. The van der Waals surface area contributed by atoms with Gasteiger partial charge in [0, 0.05) is 30.7 Å². The fourth-order valence-electron chi connectivity index (χ4n) is 3.55. The van der Waals surface area contributed by atoms with Crippen LogP contribution in [0.1, 0.15) is 37.0 Å². The second-order valence-electron chi connectivity index (χ2n) is 7.73. The van der Waals surface area contributed by atoms with E-state index < -0.39 is 10.0 Å². The lowest BCUT2D eigenvalue weighted by molar-refractivity contribution is 0.0730. The van der Waals surface area contributed by atoms with Crippen LogP contribution in [0, 0.1) is 0 Å². The summed E-state index contributed by atoms with van der Waals surface area (Å²) in [5.41, 5.74) is 0.374. The molecule has 0 radical (unpaired) electrons. The summed E-state index contributed by atoms with van der Waals surface area (Å²) in [5, 5.41) is 2.98. The SMILES string of the molecule is CC(C)(CNC(=O)c1ccc(S(=O)(=O)N2CCOCC2)cc1)N1CCCC1. The molecule has 1 aromatic carbocycles. The molecule has 0 bridgehead atoms. The third-order valence-electron chi connectivity index (χ3n) is 5.37. The summed E-state index contributed by atoms with van der Waals surface area (Å²) in [6.45, 7) is 8.49. The van der Waals surface area contributed by atoms with E-state index in [9.17, 15) is 13.2 Å². The van der Waals surface area contributed by atoms with Gasteiger partial charge in [-0.25, -0.2) is 8.42 Å². The first kappa shape index (κ1) is 20.3. The number of morpholine rings is 1. The first-order chi connectivity index (χ1) is 12.8. The van der Waals surface area contributed by atoms with Crippen molar-refractivity contribution in [3.05, 3.63) is 29.8 Å². The van der Waals surface area contributed by atoms with Crippen LogP contribution < -0.4 is 5.32 Å². The summed E-state index contributed by atoms with van der Waals surface area (Å²) in [6, 6.07) is 6.16. The Morgan fingerprint density at radius 2 is 1.67 bits per heavy atom. The van der Waals surface area contributed by atoms with Gasteiger partial charge in [0.25, 0.3) is 5.91 Å². The van der Waals surface area contributed by atoms with Crippen LogP contribution in [0.4, 0.5) is 0 Å². The maximum atomic E-state index is 12.6. The summed E-state index contributed by atoms with van der Waals surface area (Å²) in [7, 11) is -3.54. The lowest BCUT2D eigenvalue weighted by Gasteiger charge is -2.35. The van der Waals surface area contributed by atoms with Crippen molar-refractivity contribution in [3.8, 4) is 0 Å². The van der Waals surface area contributed by atoms with Crippen molar-refractivity contribution in [2.24, 2.45) is 0 Å². The monoisotopic (exact) mass is 395 g/mol. The first-order valence-corrected chi connectivity index (χ1v) is 11.0. The van der Waals surface area contributed by atoms with E-state index in [1.165, 1.54) is 29.3 Å². The molecule has 1 N–H and O–H groups in total. The maximum Gasteiger partial charge on any atom is 0.251 e. The van der Waals surface area contributed by atoms with E-state index in [1.54, 1.807) is 12.1 Å². The van der Waals surface area contributed by atoms with Gasteiger partial charge in [-0.1, -0.05) is 0 Å². The molecular weight excluding hydrogens is 366 g/mol. The highest BCUT2D eigenvalue weighted by molar-refractivity contribution is 7.89. The second-order valence-corrected chi connectivity index (χ2v) is 9.67. The maximum absolute atomic E-state index is 12.6. The molecular formula is C19H29N3O4S. The first-order valence-electron chi connectivity index (χ1n) is 9.52. The highest BCUT2D eigenvalue weighted by Gasteiger charge is 2.30. The number of likely N-dealkylation sites (tertiary alicyclic amines) is 1. The van der Waals surface area contributed by atoms with Gasteiger partial charge in [0.1, 0.15) is 0 Å². The minimum absolute atomic E-state index is 0.0915. The Morgan fingerprint density at radius 3 is 2.26 bits per heavy atom. The van der Waals surface area contributed by atoms with Crippen LogP contribution in [0.25, 0.3) is 0 Å². The molecule has 2 heterocycles. The zero-order chi connectivity index (χ0) is 19.5. The molecule has 2 aliphatic rings. The summed E-state index contributed by atoms with van der Waals surface area (Å²) < 4.78 is 31.9. The largest absolute Gasteiger partial charge is 0.379 e. The van der Waals surface area contributed by atoms with Crippen molar-refractivity contribution in [1.82, 2.24) is 14.5 Å². The highest BCUT2D eigenvalue weighted by atomic mass is 32.2. The van der Waals surface area contributed by atoms with Crippen LogP contribution in [0.3, 0.4) is 0 Å². The quantitative estimate of drug-likeness (QED) is 0.786. The number of nitrogens with one attached hydrogen (secondary N) is 1. The van der Waals surface area contributed by atoms with E-state index in [0.717, 1.165) is 13.1 Å². The number of nitrogens with zero attached hydrogens (tertiary/aromatic N) is 2. The van der Waals surface area contributed by atoms with Crippen LogP contribution in [0.15, 0.2) is 29.2 Å². The lowest BCUT2D eigenvalue weighted by Crippen LogP contribution is -2.50. The molecule has 7 nitrogen and oxygen atoms in total. The van der Waals surface area contributed by atoms with Crippen LogP contribution in [0.2, 0.25) is 0 Å². The Bertz CT molecular complexity index is 750. The molecule has 0 aliphatic carbocycles. The number of hydrogen-bond donors (Lipinski definition) is 1. The Balaban J connectivity index is 1.61. The van der Waals surface area contributed by atoms with E-state index in [0.29, 0.717) is 38.4 Å². The molecule has 0 saturated carbocycles. The van der Waals surface area contributed by atoms with Crippen molar-refractivity contribution >= 4 is 15.9 Å². The zero-order valence-corrected chi connectivity index (χ0v) is 16.9. The van der Waals surface area contributed by atoms with E-state index in [2.05, 4.69) is 24.1 Å². The molecule has 2 fully saturated rings. The zero-order valence-electron chi connectivity index (χ0n) is 16.1. The molecule has 0 unspecified atom stereocenters. The number of rotatable bonds is 6. The average Bonchev–Trinajstić information content (AvgIpc) is 3.23. The highest BCUT2D eigenvalue weighted by Crippen LogP contribution is 2.21. The molecule has 2 saturated heterocycles. The predicted octanol–water partition coefficient (Wildman–Crippen LogP) is 1.31. The van der Waals surface area contributed by atoms with Gasteiger partial charge in [-0.3, -0.25) is 9.69 Å². The molecule has 150 valence electrons. The average molecular weight is 396 g/mol. The van der Waals surface area contributed by atoms with Gasteiger partial charge < -0.3 is 10.1 Å². The normalized spacial score (nSPS) is 19.9. The van der Waals surface area contributed by atoms with E-state index >= 15 is 0 Å². The van der Waals surface area contributed by atoms with Crippen molar-refractivity contribution in [2.45, 2.75) is 37.1 Å². The second kappa shape index (κ2) is 8.26. The number of sulfonamides is 1. The van der Waals surface area contributed by atoms with Gasteiger partial charge in [0.2, 0.25) is 10.0 Å². The number of amides is 1. The Kier molecular flexibility index (Phi) is 6.20. The van der Waals surface area contributed by atoms with Crippen molar-refractivity contribution in [3.63, 3.8) is 0 Å². The molecule has 0 atom stereocenters. The van der Waals surface area contributed by atoms with Crippen LogP contribution >= 0.6 is 0 Å².